The minimum Gasteiger partial charge on any atom is -0.423 e. The van der Waals surface area contributed by atoms with Gasteiger partial charge in [0.15, 0.2) is 23.3 Å². The molecule has 9 heteroatoms. The summed E-state index contributed by atoms with van der Waals surface area (Å²) in [5, 5.41) is 17.0. The SMILES string of the molecule is OB(O)c1c(F)c(F)c(SS)c(F)c1F. The molecule has 2 N–H and O–H groups in total. The minimum absolute atomic E-state index is 0.172. The van der Waals surface area contributed by atoms with E-state index in [4.69, 9.17) is 10.0 Å². The van der Waals surface area contributed by atoms with Crippen LogP contribution >= 0.6 is 22.5 Å². The van der Waals surface area contributed by atoms with Gasteiger partial charge in [-0.05, 0) is 0 Å². The molecule has 1 rings (SSSR count). The number of hydrogen-bond acceptors (Lipinski definition) is 4. The molecular formula is C6H3BF4O2S2. The number of hydrogen-bond donors (Lipinski definition) is 3. The van der Waals surface area contributed by atoms with Gasteiger partial charge in [-0.2, -0.15) is 0 Å². The highest BCUT2D eigenvalue weighted by molar-refractivity contribution is 8.68. The molecule has 1 aromatic rings. The summed E-state index contributed by atoms with van der Waals surface area (Å²) in [4.78, 5) is -0.974. The van der Waals surface area contributed by atoms with Gasteiger partial charge in [0.25, 0.3) is 0 Å². The molecule has 0 bridgehead atoms. The van der Waals surface area contributed by atoms with Crippen LogP contribution in [0, 0.1) is 23.3 Å². The van der Waals surface area contributed by atoms with Crippen LogP contribution in [0.3, 0.4) is 0 Å². The Morgan fingerprint density at radius 2 is 1.33 bits per heavy atom. The van der Waals surface area contributed by atoms with Gasteiger partial charge in [0, 0.05) is 0 Å². The number of benzene rings is 1. The zero-order valence-electron chi connectivity index (χ0n) is 6.84. The number of halogens is 4. The third-order valence-electron chi connectivity index (χ3n) is 1.61. The molecule has 0 fully saturated rings. The first-order chi connectivity index (χ1) is 6.91. The van der Waals surface area contributed by atoms with E-state index in [0.29, 0.717) is 0 Å². The van der Waals surface area contributed by atoms with E-state index in [1.54, 1.807) is 0 Å². The average Bonchev–Trinajstić information content (AvgIpc) is 2.16. The third-order valence-corrected chi connectivity index (χ3v) is 2.70. The number of thiol groups is 1. The molecule has 0 heterocycles. The molecule has 1 aromatic carbocycles. The lowest BCUT2D eigenvalue weighted by Crippen LogP contribution is -2.37. The van der Waals surface area contributed by atoms with Gasteiger partial charge in [-0.15, -0.1) is 11.7 Å². The minimum atomic E-state index is -2.63. The van der Waals surface area contributed by atoms with Gasteiger partial charge in [0.2, 0.25) is 0 Å². The van der Waals surface area contributed by atoms with Crippen LogP contribution in [0.1, 0.15) is 0 Å². The van der Waals surface area contributed by atoms with Crippen molar-refractivity contribution in [2.24, 2.45) is 0 Å². The topological polar surface area (TPSA) is 40.5 Å². The monoisotopic (exact) mass is 258 g/mol. The van der Waals surface area contributed by atoms with Crippen LogP contribution in [0.15, 0.2) is 4.90 Å². The lowest BCUT2D eigenvalue weighted by molar-refractivity contribution is 0.400. The molecule has 0 radical (unpaired) electrons. The quantitative estimate of drug-likeness (QED) is 0.242. The van der Waals surface area contributed by atoms with Gasteiger partial charge in [-0.25, -0.2) is 17.6 Å². The predicted molar refractivity (Wildman–Crippen MR) is 50.9 cm³/mol. The van der Waals surface area contributed by atoms with E-state index in [9.17, 15) is 17.6 Å². The zero-order chi connectivity index (χ0) is 11.7. The second kappa shape index (κ2) is 4.64. The van der Waals surface area contributed by atoms with E-state index in [2.05, 4.69) is 11.7 Å². The van der Waals surface area contributed by atoms with Crippen LogP contribution in [0.2, 0.25) is 0 Å². The van der Waals surface area contributed by atoms with Crippen molar-refractivity contribution in [2.75, 3.05) is 0 Å². The summed E-state index contributed by atoms with van der Waals surface area (Å²) in [5.41, 5.74) is -1.46. The van der Waals surface area contributed by atoms with E-state index in [1.165, 1.54) is 0 Å². The molecule has 0 aliphatic rings. The van der Waals surface area contributed by atoms with Crippen molar-refractivity contribution in [3.05, 3.63) is 23.3 Å². The molecule has 0 saturated heterocycles. The fourth-order valence-corrected chi connectivity index (χ4v) is 1.76. The standard InChI is InChI=1S/C6H3BF4O2S2/c8-2-1(7(12)13)3(9)5(11)6(15-14)4(2)10/h12-14H. The molecule has 2 nitrogen and oxygen atoms in total. The Balaban J connectivity index is 3.59. The van der Waals surface area contributed by atoms with Crippen molar-refractivity contribution in [2.45, 2.75) is 4.90 Å². The fraction of sp³-hybridized carbons (Fsp3) is 0. The molecule has 0 spiro atoms. The summed E-state index contributed by atoms with van der Waals surface area (Å²) in [6.07, 6.45) is 0. The Morgan fingerprint density at radius 1 is 0.933 bits per heavy atom. The highest BCUT2D eigenvalue weighted by atomic mass is 33.1. The summed E-state index contributed by atoms with van der Waals surface area (Å²) >= 11 is 3.41. The second-order valence-electron chi connectivity index (χ2n) is 2.46. The smallest absolute Gasteiger partial charge is 0.423 e. The average molecular weight is 258 g/mol. The maximum atomic E-state index is 13.0. The van der Waals surface area contributed by atoms with Gasteiger partial charge >= 0.3 is 7.12 Å². The Kier molecular flexibility index (Phi) is 3.93. The molecule has 0 saturated carbocycles. The first kappa shape index (κ1) is 12.7. The van der Waals surface area contributed by atoms with Crippen molar-refractivity contribution in [3.63, 3.8) is 0 Å². The van der Waals surface area contributed by atoms with Crippen molar-refractivity contribution in [1.82, 2.24) is 0 Å². The van der Waals surface area contributed by atoms with Crippen LogP contribution in [0.25, 0.3) is 0 Å². The van der Waals surface area contributed by atoms with Gasteiger partial charge in [-0.3, -0.25) is 0 Å². The molecule has 0 aromatic heterocycles. The van der Waals surface area contributed by atoms with E-state index in [-0.39, 0.29) is 10.8 Å². The first-order valence-corrected chi connectivity index (χ1v) is 5.32. The lowest BCUT2D eigenvalue weighted by atomic mass is 9.79. The normalized spacial score (nSPS) is 10.6. The molecule has 0 unspecified atom stereocenters. The van der Waals surface area contributed by atoms with Crippen molar-refractivity contribution in [1.29, 1.82) is 0 Å². The third kappa shape index (κ3) is 2.10. The van der Waals surface area contributed by atoms with Gasteiger partial charge < -0.3 is 10.0 Å². The van der Waals surface area contributed by atoms with Crippen molar-refractivity contribution >= 4 is 35.0 Å². The predicted octanol–water partition coefficient (Wildman–Crippen LogP) is 0.860. The van der Waals surface area contributed by atoms with E-state index in [1.807, 2.05) is 0 Å². The summed E-state index contributed by atoms with van der Waals surface area (Å²) in [6, 6.07) is 0. The summed E-state index contributed by atoms with van der Waals surface area (Å²) in [6.45, 7) is 0. The fourth-order valence-electron chi connectivity index (χ4n) is 0.935. The van der Waals surface area contributed by atoms with E-state index < -0.39 is 40.7 Å². The Bertz CT molecular complexity index is 372. The zero-order valence-corrected chi connectivity index (χ0v) is 8.55. The highest BCUT2D eigenvalue weighted by Gasteiger charge is 2.31. The van der Waals surface area contributed by atoms with Crippen molar-refractivity contribution < 1.29 is 27.6 Å². The largest absolute Gasteiger partial charge is 0.494 e. The molecule has 15 heavy (non-hydrogen) atoms. The molecule has 0 aliphatic heterocycles. The summed E-state index contributed by atoms with van der Waals surface area (Å²) in [7, 11) is -2.46. The van der Waals surface area contributed by atoms with Crippen LogP contribution in [-0.4, -0.2) is 17.2 Å². The Morgan fingerprint density at radius 3 is 1.60 bits per heavy atom. The molecule has 0 amide bonds. The Hall–Kier alpha value is -0.375. The highest BCUT2D eigenvalue weighted by Crippen LogP contribution is 2.30. The second-order valence-corrected chi connectivity index (χ2v) is 3.60. The van der Waals surface area contributed by atoms with Crippen LogP contribution in [0.4, 0.5) is 17.6 Å². The lowest BCUT2D eigenvalue weighted by Gasteiger charge is -2.08. The van der Waals surface area contributed by atoms with Crippen LogP contribution in [0.5, 0.6) is 0 Å². The molecule has 82 valence electrons. The summed E-state index contributed by atoms with van der Waals surface area (Å²) < 4.78 is 52.0. The Labute approximate surface area is 91.3 Å². The van der Waals surface area contributed by atoms with Gasteiger partial charge in [0.05, 0.1) is 10.4 Å². The molecule has 0 aliphatic carbocycles. The maximum absolute atomic E-state index is 13.0. The first-order valence-electron chi connectivity index (χ1n) is 3.45. The van der Waals surface area contributed by atoms with Gasteiger partial charge in [-0.1, -0.05) is 10.8 Å². The van der Waals surface area contributed by atoms with E-state index in [0.717, 1.165) is 0 Å². The van der Waals surface area contributed by atoms with Crippen molar-refractivity contribution in [3.8, 4) is 0 Å². The summed E-state index contributed by atoms with van der Waals surface area (Å²) in [5.74, 6) is -7.12. The molecule has 0 atom stereocenters. The van der Waals surface area contributed by atoms with Crippen LogP contribution in [-0.2, 0) is 0 Å². The van der Waals surface area contributed by atoms with Crippen LogP contribution < -0.4 is 5.46 Å². The number of rotatable bonds is 2. The van der Waals surface area contributed by atoms with E-state index >= 15 is 0 Å². The maximum Gasteiger partial charge on any atom is 0.494 e. The van der Waals surface area contributed by atoms with Gasteiger partial charge in [0.1, 0.15) is 0 Å². The molecular weight excluding hydrogens is 255 g/mol.